The van der Waals surface area contributed by atoms with Crippen molar-refractivity contribution in [3.05, 3.63) is 29.3 Å². The van der Waals surface area contributed by atoms with Gasteiger partial charge in [-0.3, -0.25) is 0 Å². The van der Waals surface area contributed by atoms with E-state index in [4.69, 9.17) is 9.47 Å². The Hall–Kier alpha value is -1.06. The number of ether oxygens (including phenoxy) is 2. The van der Waals surface area contributed by atoms with E-state index < -0.39 is 6.10 Å². The largest absolute Gasteiger partial charge is 0.487 e. The minimum absolute atomic E-state index is 0.159. The standard InChI is InChI=1S/C16H22O3/c1-16(2)10-12-4-3-5-13(15(12)19-16)14(17)11-6-8-18-9-7-11/h3-5,11,14,17H,6-10H2,1-2H3. The maximum Gasteiger partial charge on any atom is 0.129 e. The van der Waals surface area contributed by atoms with Gasteiger partial charge in [0.05, 0.1) is 6.10 Å². The quantitative estimate of drug-likeness (QED) is 0.890. The van der Waals surface area contributed by atoms with E-state index in [1.165, 1.54) is 5.56 Å². The second kappa shape index (κ2) is 4.80. The Balaban J connectivity index is 1.88. The average molecular weight is 262 g/mol. The van der Waals surface area contributed by atoms with Crippen LogP contribution >= 0.6 is 0 Å². The highest BCUT2D eigenvalue weighted by Gasteiger charge is 2.34. The summed E-state index contributed by atoms with van der Waals surface area (Å²) in [6.07, 6.45) is 2.33. The zero-order valence-electron chi connectivity index (χ0n) is 11.7. The van der Waals surface area contributed by atoms with Crippen LogP contribution in [0.25, 0.3) is 0 Å². The molecule has 2 heterocycles. The molecule has 0 radical (unpaired) electrons. The Labute approximate surface area is 114 Å². The second-order valence-electron chi connectivity index (χ2n) is 6.27. The predicted octanol–water partition coefficient (Wildman–Crippen LogP) is 2.86. The average Bonchev–Trinajstić information content (AvgIpc) is 2.72. The van der Waals surface area contributed by atoms with Crippen LogP contribution in [0.15, 0.2) is 18.2 Å². The van der Waals surface area contributed by atoms with Crippen molar-refractivity contribution in [2.75, 3.05) is 13.2 Å². The zero-order valence-corrected chi connectivity index (χ0v) is 11.7. The van der Waals surface area contributed by atoms with Crippen LogP contribution in [0, 0.1) is 5.92 Å². The van der Waals surface area contributed by atoms with E-state index in [9.17, 15) is 5.11 Å². The molecule has 1 aromatic rings. The highest BCUT2D eigenvalue weighted by molar-refractivity contribution is 5.47. The van der Waals surface area contributed by atoms with E-state index in [0.717, 1.165) is 43.8 Å². The van der Waals surface area contributed by atoms with Gasteiger partial charge in [0, 0.05) is 25.2 Å². The molecule has 1 saturated heterocycles. The lowest BCUT2D eigenvalue weighted by atomic mass is 9.88. The number of fused-ring (bicyclic) bond motifs is 1. The third kappa shape index (κ3) is 2.49. The fraction of sp³-hybridized carbons (Fsp3) is 0.625. The van der Waals surface area contributed by atoms with E-state index in [1.54, 1.807) is 0 Å². The molecule has 0 aliphatic carbocycles. The molecule has 3 rings (SSSR count). The molecule has 0 bridgehead atoms. The zero-order chi connectivity index (χ0) is 13.5. The highest BCUT2D eigenvalue weighted by Crippen LogP contribution is 2.42. The molecule has 1 unspecified atom stereocenters. The first-order chi connectivity index (χ1) is 9.07. The number of aliphatic hydroxyl groups is 1. The number of para-hydroxylation sites is 1. The van der Waals surface area contributed by atoms with Crippen molar-refractivity contribution in [3.8, 4) is 5.75 Å². The van der Waals surface area contributed by atoms with Gasteiger partial charge in [0.15, 0.2) is 0 Å². The Morgan fingerprint density at radius 3 is 2.74 bits per heavy atom. The van der Waals surface area contributed by atoms with E-state index in [1.807, 2.05) is 12.1 Å². The van der Waals surface area contributed by atoms with Gasteiger partial charge in [0.25, 0.3) is 0 Å². The van der Waals surface area contributed by atoms with Gasteiger partial charge in [-0.15, -0.1) is 0 Å². The molecule has 3 nitrogen and oxygen atoms in total. The van der Waals surface area contributed by atoms with Crippen molar-refractivity contribution in [2.24, 2.45) is 5.92 Å². The third-order valence-electron chi connectivity index (χ3n) is 4.15. The Kier molecular flexibility index (Phi) is 3.27. The van der Waals surface area contributed by atoms with Crippen LogP contribution in [-0.2, 0) is 11.2 Å². The molecule has 1 fully saturated rings. The van der Waals surface area contributed by atoms with Crippen molar-refractivity contribution in [1.29, 1.82) is 0 Å². The second-order valence-corrected chi connectivity index (χ2v) is 6.27. The SMILES string of the molecule is CC1(C)Cc2cccc(C(O)C3CCOCC3)c2O1. The molecule has 2 aliphatic rings. The first-order valence-electron chi connectivity index (χ1n) is 7.13. The molecule has 104 valence electrons. The lowest BCUT2D eigenvalue weighted by Crippen LogP contribution is -2.25. The van der Waals surface area contributed by atoms with Crippen LogP contribution in [0.5, 0.6) is 5.75 Å². The monoisotopic (exact) mass is 262 g/mol. The molecular formula is C16H22O3. The van der Waals surface area contributed by atoms with Crippen LogP contribution in [0.2, 0.25) is 0 Å². The maximum atomic E-state index is 10.6. The van der Waals surface area contributed by atoms with Crippen LogP contribution in [-0.4, -0.2) is 23.9 Å². The molecule has 19 heavy (non-hydrogen) atoms. The number of hydrogen-bond donors (Lipinski definition) is 1. The van der Waals surface area contributed by atoms with Gasteiger partial charge < -0.3 is 14.6 Å². The fourth-order valence-corrected chi connectivity index (χ4v) is 3.16. The van der Waals surface area contributed by atoms with Crippen LogP contribution in [0.4, 0.5) is 0 Å². The summed E-state index contributed by atoms with van der Waals surface area (Å²) in [6.45, 7) is 5.70. The lowest BCUT2D eigenvalue weighted by molar-refractivity contribution is 0.00539. The van der Waals surface area contributed by atoms with Gasteiger partial charge >= 0.3 is 0 Å². The lowest BCUT2D eigenvalue weighted by Gasteiger charge is -2.28. The normalized spacial score (nSPS) is 23.7. The summed E-state index contributed by atoms with van der Waals surface area (Å²) in [5, 5.41) is 10.6. The minimum atomic E-state index is -0.437. The van der Waals surface area contributed by atoms with E-state index in [0.29, 0.717) is 0 Å². The van der Waals surface area contributed by atoms with Crippen molar-refractivity contribution in [1.82, 2.24) is 0 Å². The van der Waals surface area contributed by atoms with Crippen molar-refractivity contribution < 1.29 is 14.6 Å². The van der Waals surface area contributed by atoms with Gasteiger partial charge in [-0.05, 0) is 38.2 Å². The first kappa shape index (κ1) is 12.9. The van der Waals surface area contributed by atoms with Crippen molar-refractivity contribution in [3.63, 3.8) is 0 Å². The molecule has 0 saturated carbocycles. The Bertz CT molecular complexity index is 461. The highest BCUT2D eigenvalue weighted by atomic mass is 16.5. The van der Waals surface area contributed by atoms with Gasteiger partial charge in [-0.2, -0.15) is 0 Å². The molecule has 0 amide bonds. The number of aliphatic hydroxyl groups excluding tert-OH is 1. The minimum Gasteiger partial charge on any atom is -0.487 e. The summed E-state index contributed by atoms with van der Waals surface area (Å²) in [7, 11) is 0. The molecule has 1 N–H and O–H groups in total. The Morgan fingerprint density at radius 1 is 1.26 bits per heavy atom. The molecular weight excluding hydrogens is 240 g/mol. The van der Waals surface area contributed by atoms with Gasteiger partial charge in [0.2, 0.25) is 0 Å². The van der Waals surface area contributed by atoms with Crippen LogP contribution in [0.3, 0.4) is 0 Å². The summed E-state index contributed by atoms with van der Waals surface area (Å²) in [6, 6.07) is 6.13. The molecule has 0 aromatic heterocycles. The summed E-state index contributed by atoms with van der Waals surface area (Å²) >= 11 is 0. The predicted molar refractivity (Wildman–Crippen MR) is 73.4 cm³/mol. The number of rotatable bonds is 2. The summed E-state index contributed by atoms with van der Waals surface area (Å²) < 4.78 is 11.4. The van der Waals surface area contributed by atoms with Gasteiger partial charge in [-0.1, -0.05) is 18.2 Å². The van der Waals surface area contributed by atoms with Crippen LogP contribution in [0.1, 0.15) is 43.9 Å². The molecule has 1 aromatic carbocycles. The van der Waals surface area contributed by atoms with Gasteiger partial charge in [-0.25, -0.2) is 0 Å². The van der Waals surface area contributed by atoms with E-state index in [2.05, 4.69) is 19.9 Å². The maximum absolute atomic E-state index is 10.6. The fourth-order valence-electron chi connectivity index (χ4n) is 3.16. The Morgan fingerprint density at radius 2 is 2.00 bits per heavy atom. The van der Waals surface area contributed by atoms with E-state index >= 15 is 0 Å². The van der Waals surface area contributed by atoms with Gasteiger partial charge in [0.1, 0.15) is 11.4 Å². The topological polar surface area (TPSA) is 38.7 Å². The summed E-state index contributed by atoms with van der Waals surface area (Å²) in [4.78, 5) is 0. The molecule has 1 atom stereocenters. The van der Waals surface area contributed by atoms with E-state index in [-0.39, 0.29) is 11.5 Å². The van der Waals surface area contributed by atoms with Crippen LogP contribution < -0.4 is 4.74 Å². The van der Waals surface area contributed by atoms with Crippen molar-refractivity contribution in [2.45, 2.75) is 44.8 Å². The number of hydrogen-bond acceptors (Lipinski definition) is 3. The molecule has 0 spiro atoms. The summed E-state index contributed by atoms with van der Waals surface area (Å²) in [5.41, 5.74) is 2.01. The van der Waals surface area contributed by atoms with Crippen molar-refractivity contribution >= 4 is 0 Å². The molecule has 2 aliphatic heterocycles. The molecule has 3 heteroatoms. The summed E-state index contributed by atoms with van der Waals surface area (Å²) in [5.74, 6) is 1.19. The first-order valence-corrected chi connectivity index (χ1v) is 7.13. The number of benzene rings is 1. The third-order valence-corrected chi connectivity index (χ3v) is 4.15. The smallest absolute Gasteiger partial charge is 0.129 e.